The van der Waals surface area contributed by atoms with Crippen molar-refractivity contribution in [3.8, 4) is 0 Å². The van der Waals surface area contributed by atoms with Gasteiger partial charge in [0.2, 0.25) is 0 Å². The number of para-hydroxylation sites is 1. The fourth-order valence-corrected chi connectivity index (χ4v) is 2.61. The molecular formula is C16H17BrN2O2. The highest BCUT2D eigenvalue weighted by molar-refractivity contribution is 9.10. The van der Waals surface area contributed by atoms with Gasteiger partial charge in [-0.2, -0.15) is 0 Å². The van der Waals surface area contributed by atoms with E-state index in [0.717, 1.165) is 15.7 Å². The number of carbonyl (C=O) groups excluding carboxylic acids is 1. The van der Waals surface area contributed by atoms with Gasteiger partial charge < -0.3 is 15.4 Å². The van der Waals surface area contributed by atoms with Gasteiger partial charge in [0, 0.05) is 18.1 Å². The van der Waals surface area contributed by atoms with E-state index in [4.69, 9.17) is 10.5 Å². The van der Waals surface area contributed by atoms with Crippen molar-refractivity contribution in [2.75, 3.05) is 24.8 Å². The second-order valence-electron chi connectivity index (χ2n) is 4.72. The van der Waals surface area contributed by atoms with E-state index in [2.05, 4.69) is 22.0 Å². The molecule has 0 aliphatic rings. The lowest BCUT2D eigenvalue weighted by Crippen LogP contribution is -2.19. The largest absolute Gasteiger partial charge is 0.465 e. The van der Waals surface area contributed by atoms with Crippen molar-refractivity contribution in [1.82, 2.24) is 0 Å². The SMILES string of the molecule is COC(=O)c1cccc(N(C)Cc2cccc(Br)c2)c1N. The third kappa shape index (κ3) is 3.55. The van der Waals surface area contributed by atoms with Crippen LogP contribution in [0.4, 0.5) is 11.4 Å². The zero-order valence-corrected chi connectivity index (χ0v) is 13.6. The quantitative estimate of drug-likeness (QED) is 0.679. The van der Waals surface area contributed by atoms with Crippen molar-refractivity contribution >= 4 is 33.3 Å². The van der Waals surface area contributed by atoms with Crippen LogP contribution in [-0.2, 0) is 11.3 Å². The molecule has 21 heavy (non-hydrogen) atoms. The Morgan fingerprint density at radius 3 is 2.67 bits per heavy atom. The van der Waals surface area contributed by atoms with Crippen molar-refractivity contribution in [2.24, 2.45) is 0 Å². The Hall–Kier alpha value is -2.01. The van der Waals surface area contributed by atoms with Gasteiger partial charge in [0.15, 0.2) is 0 Å². The summed E-state index contributed by atoms with van der Waals surface area (Å²) in [6, 6.07) is 13.4. The Labute approximate surface area is 132 Å². The van der Waals surface area contributed by atoms with Crippen molar-refractivity contribution in [2.45, 2.75) is 6.54 Å². The molecule has 0 unspecified atom stereocenters. The molecule has 0 bridgehead atoms. The molecule has 2 aromatic carbocycles. The molecular weight excluding hydrogens is 332 g/mol. The molecule has 0 saturated heterocycles. The van der Waals surface area contributed by atoms with Gasteiger partial charge in [-0.25, -0.2) is 4.79 Å². The zero-order valence-electron chi connectivity index (χ0n) is 12.0. The highest BCUT2D eigenvalue weighted by Crippen LogP contribution is 2.27. The Morgan fingerprint density at radius 1 is 1.29 bits per heavy atom. The Morgan fingerprint density at radius 2 is 2.00 bits per heavy atom. The van der Waals surface area contributed by atoms with E-state index < -0.39 is 5.97 Å². The topological polar surface area (TPSA) is 55.6 Å². The van der Waals surface area contributed by atoms with E-state index in [1.165, 1.54) is 7.11 Å². The smallest absolute Gasteiger partial charge is 0.340 e. The van der Waals surface area contributed by atoms with Crippen LogP contribution in [0.2, 0.25) is 0 Å². The molecule has 0 fully saturated rings. The molecule has 0 heterocycles. The van der Waals surface area contributed by atoms with Gasteiger partial charge >= 0.3 is 5.97 Å². The molecule has 2 N–H and O–H groups in total. The number of nitrogens with zero attached hydrogens (tertiary/aromatic N) is 1. The van der Waals surface area contributed by atoms with Crippen molar-refractivity contribution in [3.63, 3.8) is 0 Å². The average Bonchev–Trinajstić information content (AvgIpc) is 2.46. The maximum absolute atomic E-state index is 11.7. The fourth-order valence-electron chi connectivity index (χ4n) is 2.17. The second kappa shape index (κ2) is 6.63. The van der Waals surface area contributed by atoms with Crippen molar-refractivity contribution in [3.05, 3.63) is 58.1 Å². The molecule has 4 nitrogen and oxygen atoms in total. The summed E-state index contributed by atoms with van der Waals surface area (Å²) in [4.78, 5) is 13.7. The minimum absolute atomic E-state index is 0.385. The highest BCUT2D eigenvalue weighted by Gasteiger charge is 2.15. The summed E-state index contributed by atoms with van der Waals surface area (Å²) in [5.41, 5.74) is 8.86. The first kappa shape index (κ1) is 15.4. The molecule has 0 saturated carbocycles. The monoisotopic (exact) mass is 348 g/mol. The molecule has 110 valence electrons. The number of hydrogen-bond acceptors (Lipinski definition) is 4. The third-order valence-corrected chi connectivity index (χ3v) is 3.70. The number of methoxy groups -OCH3 is 1. The van der Waals surface area contributed by atoms with Crippen LogP contribution in [0.5, 0.6) is 0 Å². The van der Waals surface area contributed by atoms with Crippen LogP contribution in [0.1, 0.15) is 15.9 Å². The number of esters is 1. The van der Waals surface area contributed by atoms with Crippen LogP contribution >= 0.6 is 15.9 Å². The molecule has 0 aromatic heterocycles. The van der Waals surface area contributed by atoms with Crippen LogP contribution in [0, 0.1) is 0 Å². The predicted octanol–water partition coefficient (Wildman–Crippen LogP) is 3.45. The van der Waals surface area contributed by atoms with Gasteiger partial charge in [-0.05, 0) is 29.8 Å². The van der Waals surface area contributed by atoms with E-state index in [9.17, 15) is 4.79 Å². The number of anilines is 2. The van der Waals surface area contributed by atoms with E-state index in [-0.39, 0.29) is 0 Å². The summed E-state index contributed by atoms with van der Waals surface area (Å²) in [5, 5.41) is 0. The van der Waals surface area contributed by atoms with Gasteiger partial charge in [0.05, 0.1) is 24.0 Å². The van der Waals surface area contributed by atoms with E-state index in [0.29, 0.717) is 17.8 Å². The Bertz CT molecular complexity index is 658. The maximum Gasteiger partial charge on any atom is 0.340 e. The molecule has 0 radical (unpaired) electrons. The number of rotatable bonds is 4. The Balaban J connectivity index is 2.27. The molecule has 0 spiro atoms. The number of ether oxygens (including phenoxy) is 1. The van der Waals surface area contributed by atoms with Crippen molar-refractivity contribution in [1.29, 1.82) is 0 Å². The number of carbonyl (C=O) groups is 1. The lowest BCUT2D eigenvalue weighted by atomic mass is 10.1. The average molecular weight is 349 g/mol. The van der Waals surface area contributed by atoms with E-state index >= 15 is 0 Å². The lowest BCUT2D eigenvalue weighted by molar-refractivity contribution is 0.0602. The van der Waals surface area contributed by atoms with Crippen LogP contribution in [0.15, 0.2) is 46.9 Å². The van der Waals surface area contributed by atoms with Crippen LogP contribution < -0.4 is 10.6 Å². The molecule has 0 aliphatic heterocycles. The first-order valence-electron chi connectivity index (χ1n) is 6.45. The summed E-state index contributed by atoms with van der Waals surface area (Å²) in [6.07, 6.45) is 0. The lowest BCUT2D eigenvalue weighted by Gasteiger charge is -2.22. The Kier molecular flexibility index (Phi) is 4.85. The normalized spacial score (nSPS) is 10.2. The van der Waals surface area contributed by atoms with Crippen molar-refractivity contribution < 1.29 is 9.53 Å². The van der Waals surface area contributed by atoms with E-state index in [1.54, 1.807) is 12.1 Å². The first-order chi connectivity index (χ1) is 10.0. The van der Waals surface area contributed by atoms with Gasteiger partial charge in [-0.1, -0.05) is 34.1 Å². The molecule has 0 amide bonds. The number of benzene rings is 2. The number of nitrogens with two attached hydrogens (primary N) is 1. The number of halogens is 1. The van der Waals surface area contributed by atoms with Gasteiger partial charge in [-0.3, -0.25) is 0 Å². The summed E-state index contributed by atoms with van der Waals surface area (Å²) >= 11 is 3.46. The summed E-state index contributed by atoms with van der Waals surface area (Å²) in [6.45, 7) is 0.689. The minimum Gasteiger partial charge on any atom is -0.465 e. The maximum atomic E-state index is 11.7. The summed E-state index contributed by atoms with van der Waals surface area (Å²) in [5.74, 6) is -0.426. The van der Waals surface area contributed by atoms with Crippen LogP contribution in [-0.4, -0.2) is 20.1 Å². The molecule has 2 rings (SSSR count). The summed E-state index contributed by atoms with van der Waals surface area (Å²) in [7, 11) is 3.29. The van der Waals surface area contributed by atoms with Gasteiger partial charge in [0.1, 0.15) is 0 Å². The van der Waals surface area contributed by atoms with Crippen LogP contribution in [0.3, 0.4) is 0 Å². The fraction of sp³-hybridized carbons (Fsp3) is 0.188. The van der Waals surface area contributed by atoms with Crippen LogP contribution in [0.25, 0.3) is 0 Å². The minimum atomic E-state index is -0.426. The molecule has 0 aliphatic carbocycles. The second-order valence-corrected chi connectivity index (χ2v) is 5.63. The third-order valence-electron chi connectivity index (χ3n) is 3.21. The first-order valence-corrected chi connectivity index (χ1v) is 7.24. The highest BCUT2D eigenvalue weighted by atomic mass is 79.9. The van der Waals surface area contributed by atoms with Gasteiger partial charge in [0.25, 0.3) is 0 Å². The number of nitrogen functional groups attached to an aromatic ring is 1. The zero-order chi connectivity index (χ0) is 15.4. The van der Waals surface area contributed by atoms with E-state index in [1.807, 2.05) is 36.2 Å². The number of hydrogen-bond donors (Lipinski definition) is 1. The molecule has 2 aromatic rings. The van der Waals surface area contributed by atoms with Gasteiger partial charge in [-0.15, -0.1) is 0 Å². The molecule has 5 heteroatoms. The summed E-state index contributed by atoms with van der Waals surface area (Å²) < 4.78 is 5.77. The molecule has 0 atom stereocenters. The predicted molar refractivity (Wildman–Crippen MR) is 88.4 cm³/mol. The standard InChI is InChI=1S/C16H17BrN2O2/c1-19(10-11-5-3-6-12(17)9-11)14-8-4-7-13(15(14)18)16(20)21-2/h3-9H,10,18H2,1-2H3.